The molecule has 8 aromatic carbocycles. The number of para-hydroxylation sites is 2. The molecule has 0 amide bonds. The minimum Gasteiger partial charge on any atom is -0.321 e. The van der Waals surface area contributed by atoms with Gasteiger partial charge in [-0.15, -0.1) is 0 Å². The number of benzene rings is 8. The zero-order valence-corrected chi connectivity index (χ0v) is 46.4. The first kappa shape index (κ1) is 47.9. The molecule has 374 valence electrons. The van der Waals surface area contributed by atoms with Crippen molar-refractivity contribution < 1.29 is 0 Å². The largest absolute Gasteiger partial charge is 0.321 e. The fraction of sp³-hybridized carbons (Fsp3) is 0.314. The summed E-state index contributed by atoms with van der Waals surface area (Å²) < 4.78 is 0. The average Bonchev–Trinajstić information content (AvgIpc) is 4.02. The van der Waals surface area contributed by atoms with Gasteiger partial charge >= 0.3 is 0 Å². The highest BCUT2D eigenvalue weighted by molar-refractivity contribution is 5.97. The molecular formula is C70H74N4. The molecule has 0 N–H and O–H groups in total. The van der Waals surface area contributed by atoms with Crippen LogP contribution in [0.1, 0.15) is 116 Å². The maximum atomic E-state index is 2.53. The van der Waals surface area contributed by atoms with Crippen molar-refractivity contribution >= 4 is 45.5 Å². The van der Waals surface area contributed by atoms with Crippen LogP contribution in [0.25, 0.3) is 33.4 Å². The van der Waals surface area contributed by atoms with Crippen LogP contribution in [0.3, 0.4) is 0 Å². The van der Waals surface area contributed by atoms with Crippen LogP contribution < -0.4 is 19.6 Å². The molecule has 0 saturated heterocycles. The van der Waals surface area contributed by atoms with E-state index in [0.717, 1.165) is 13.3 Å². The summed E-state index contributed by atoms with van der Waals surface area (Å²) in [5.41, 5.74) is 25.8. The van der Waals surface area contributed by atoms with Crippen molar-refractivity contribution in [1.29, 1.82) is 0 Å². The number of hydrogen-bond acceptors (Lipinski definition) is 4. The van der Waals surface area contributed by atoms with Crippen LogP contribution in [0.5, 0.6) is 0 Å². The molecule has 2 heterocycles. The van der Waals surface area contributed by atoms with E-state index in [4.69, 9.17) is 0 Å². The standard InChI is InChI=1S/C70H74N4/c1-45-36-46(2)38-49(37-45)64-54(47-28-32-52(33-29-47)73-43-71(50-22-17-15-18-23-50)60-39-56-58(41-62(60)73)67(7,8)69(11,12)65(56,3)4)26-21-27-55(64)48-30-34-53(35-31-48)74-44-72(51-24-19-16-20-25-51)61-40-57-59(42-63(61)74)68(9,10)70(13,14)66(57,5)6/h15-42H,43-44H2,1-14H3. The number of anilines is 8. The molecule has 0 bridgehead atoms. The van der Waals surface area contributed by atoms with Gasteiger partial charge in [-0.05, 0) is 175 Å². The summed E-state index contributed by atoms with van der Waals surface area (Å²) in [5.74, 6) is 0. The molecule has 0 radical (unpaired) electrons. The van der Waals surface area contributed by atoms with E-state index in [0.29, 0.717) is 0 Å². The van der Waals surface area contributed by atoms with Crippen molar-refractivity contribution in [2.24, 2.45) is 10.8 Å². The summed E-state index contributed by atoms with van der Waals surface area (Å²) in [5, 5.41) is 0. The minimum absolute atomic E-state index is 0.00236. The van der Waals surface area contributed by atoms with Gasteiger partial charge in [0.05, 0.1) is 22.7 Å². The van der Waals surface area contributed by atoms with Crippen molar-refractivity contribution in [1.82, 2.24) is 0 Å². The molecule has 12 rings (SSSR count). The first-order valence-electron chi connectivity index (χ1n) is 27.1. The first-order chi connectivity index (χ1) is 35.0. The summed E-state index contributed by atoms with van der Waals surface area (Å²) in [6.45, 7) is 35.3. The zero-order chi connectivity index (χ0) is 52.1. The minimum atomic E-state index is 0.00236. The predicted molar refractivity (Wildman–Crippen MR) is 316 cm³/mol. The molecule has 4 aliphatic rings. The van der Waals surface area contributed by atoms with E-state index in [9.17, 15) is 0 Å². The molecule has 0 saturated carbocycles. The number of rotatable bonds is 7. The maximum absolute atomic E-state index is 2.53. The van der Waals surface area contributed by atoms with Gasteiger partial charge < -0.3 is 19.6 Å². The van der Waals surface area contributed by atoms with Crippen molar-refractivity contribution in [3.63, 3.8) is 0 Å². The Hall–Kier alpha value is -7.04. The fourth-order valence-electron chi connectivity index (χ4n) is 13.8. The highest BCUT2D eigenvalue weighted by Crippen LogP contribution is 2.65. The molecule has 8 aromatic rings. The Balaban J connectivity index is 0.933. The van der Waals surface area contributed by atoms with Gasteiger partial charge in [-0.3, -0.25) is 0 Å². The normalized spacial score (nSPS) is 18.8. The molecule has 0 fully saturated rings. The molecular weight excluding hydrogens is 897 g/mol. The van der Waals surface area contributed by atoms with E-state index in [1.54, 1.807) is 0 Å². The number of nitrogens with zero attached hydrogens (tertiary/aromatic N) is 4. The lowest BCUT2D eigenvalue weighted by Crippen LogP contribution is -2.42. The van der Waals surface area contributed by atoms with Crippen molar-refractivity contribution in [2.75, 3.05) is 32.9 Å². The van der Waals surface area contributed by atoms with Crippen LogP contribution in [-0.4, -0.2) is 13.3 Å². The van der Waals surface area contributed by atoms with Crippen LogP contribution in [0.2, 0.25) is 0 Å². The Bertz CT molecular complexity index is 3290. The molecule has 2 aliphatic heterocycles. The van der Waals surface area contributed by atoms with Crippen LogP contribution >= 0.6 is 0 Å². The van der Waals surface area contributed by atoms with Gasteiger partial charge in [0.1, 0.15) is 13.3 Å². The van der Waals surface area contributed by atoms with Gasteiger partial charge in [0.25, 0.3) is 0 Å². The third kappa shape index (κ3) is 6.71. The third-order valence-electron chi connectivity index (χ3n) is 20.6. The van der Waals surface area contributed by atoms with Gasteiger partial charge in [-0.1, -0.05) is 191 Å². The monoisotopic (exact) mass is 971 g/mol. The van der Waals surface area contributed by atoms with Gasteiger partial charge in [0, 0.05) is 22.7 Å². The van der Waals surface area contributed by atoms with Crippen LogP contribution in [-0.2, 0) is 21.7 Å². The van der Waals surface area contributed by atoms with Gasteiger partial charge in [-0.2, -0.15) is 0 Å². The topological polar surface area (TPSA) is 13.0 Å². The van der Waals surface area contributed by atoms with E-state index >= 15 is 0 Å². The lowest BCUT2D eigenvalue weighted by Gasteiger charge is -2.44. The molecule has 0 spiro atoms. The lowest BCUT2D eigenvalue weighted by atomic mass is 9.59. The maximum Gasteiger partial charge on any atom is 0.100 e. The molecule has 0 unspecified atom stereocenters. The van der Waals surface area contributed by atoms with Gasteiger partial charge in [0.15, 0.2) is 0 Å². The van der Waals surface area contributed by atoms with E-state index in [1.165, 1.54) is 112 Å². The molecule has 2 aliphatic carbocycles. The second-order valence-corrected chi connectivity index (χ2v) is 25.4. The second-order valence-electron chi connectivity index (χ2n) is 25.4. The van der Waals surface area contributed by atoms with Crippen LogP contribution in [0, 0.1) is 24.7 Å². The van der Waals surface area contributed by atoms with E-state index in [2.05, 4.69) is 286 Å². The summed E-state index contributed by atoms with van der Waals surface area (Å²) in [6.07, 6.45) is 0. The smallest absolute Gasteiger partial charge is 0.100 e. The van der Waals surface area contributed by atoms with E-state index < -0.39 is 0 Å². The number of fused-ring (bicyclic) bond motifs is 4. The summed E-state index contributed by atoms with van der Waals surface area (Å²) >= 11 is 0. The Kier molecular flexibility index (Phi) is 10.5. The number of hydrogen-bond donors (Lipinski definition) is 0. The predicted octanol–water partition coefficient (Wildman–Crippen LogP) is 19.0. The Morgan fingerprint density at radius 2 is 0.595 bits per heavy atom. The summed E-state index contributed by atoms with van der Waals surface area (Å²) in [6, 6.07) is 64.6. The quantitative estimate of drug-likeness (QED) is 0.158. The fourth-order valence-corrected chi connectivity index (χ4v) is 13.8. The van der Waals surface area contributed by atoms with Crippen molar-refractivity contribution in [2.45, 2.75) is 119 Å². The highest BCUT2D eigenvalue weighted by Gasteiger charge is 2.59. The Labute approximate surface area is 442 Å². The molecule has 74 heavy (non-hydrogen) atoms. The SMILES string of the molecule is Cc1cc(C)cc(-c2c(-c3ccc(N4CN(c5ccccc5)c5cc6c(cc54)C(C)(C)C(C)(C)C6(C)C)cc3)cccc2-c2ccc(N3CN(c4ccccc4)c4cc5c(cc43)C(C)(C)C(C)(C)C5(C)C)cc2)c1. The van der Waals surface area contributed by atoms with Crippen LogP contribution in [0.4, 0.5) is 45.5 Å². The first-order valence-corrected chi connectivity index (χ1v) is 27.1. The van der Waals surface area contributed by atoms with Crippen LogP contribution in [0.15, 0.2) is 170 Å². The highest BCUT2D eigenvalue weighted by atomic mass is 15.4. The van der Waals surface area contributed by atoms with Crippen molar-refractivity contribution in [3.8, 4) is 33.4 Å². The average molecular weight is 971 g/mol. The van der Waals surface area contributed by atoms with Gasteiger partial charge in [-0.25, -0.2) is 0 Å². The number of aryl methyl sites for hydroxylation is 2. The van der Waals surface area contributed by atoms with E-state index in [1.807, 2.05) is 0 Å². The lowest BCUT2D eigenvalue weighted by molar-refractivity contribution is 0.125. The zero-order valence-electron chi connectivity index (χ0n) is 46.4. The Morgan fingerprint density at radius 3 is 0.905 bits per heavy atom. The van der Waals surface area contributed by atoms with E-state index in [-0.39, 0.29) is 32.5 Å². The molecule has 4 heteroatoms. The molecule has 0 atom stereocenters. The summed E-state index contributed by atoms with van der Waals surface area (Å²) in [4.78, 5) is 10.1. The van der Waals surface area contributed by atoms with Crippen molar-refractivity contribution in [3.05, 3.63) is 203 Å². The van der Waals surface area contributed by atoms with Gasteiger partial charge in [0.2, 0.25) is 0 Å². The third-order valence-corrected chi connectivity index (χ3v) is 20.6. The molecule has 4 nitrogen and oxygen atoms in total. The second kappa shape index (κ2) is 16.2. The summed E-state index contributed by atoms with van der Waals surface area (Å²) in [7, 11) is 0. The molecule has 0 aromatic heterocycles. The Morgan fingerprint density at radius 1 is 0.297 bits per heavy atom.